The maximum Gasteiger partial charge on any atom is 0.293 e. The van der Waals surface area contributed by atoms with E-state index in [1.807, 2.05) is 18.2 Å². The number of nitro benzene ring substituents is 1. The van der Waals surface area contributed by atoms with Crippen molar-refractivity contribution in [2.45, 2.75) is 37.5 Å². The van der Waals surface area contributed by atoms with Crippen LogP contribution in [0.15, 0.2) is 42.5 Å². The number of fused-ring (bicyclic) bond motifs is 4. The minimum Gasteiger partial charge on any atom is -0.508 e. The molecule has 0 spiro atoms. The molecule has 3 aromatic rings. The Morgan fingerprint density at radius 3 is 2.84 bits per heavy atom. The van der Waals surface area contributed by atoms with Crippen molar-refractivity contribution in [2.24, 2.45) is 11.8 Å². The number of aromatic hydroxyl groups is 1. The molecule has 2 atom stereocenters. The fourth-order valence-electron chi connectivity index (χ4n) is 6.17. The summed E-state index contributed by atoms with van der Waals surface area (Å²) < 4.78 is 0. The lowest BCUT2D eigenvalue weighted by Gasteiger charge is -2.51. The number of aromatic nitrogens is 1. The van der Waals surface area contributed by atoms with E-state index in [4.69, 9.17) is 0 Å². The predicted molar refractivity (Wildman–Crippen MR) is 119 cm³/mol. The van der Waals surface area contributed by atoms with Gasteiger partial charge in [0.1, 0.15) is 11.3 Å². The number of nitrogens with one attached hydrogen (secondary N) is 1. The van der Waals surface area contributed by atoms with Crippen molar-refractivity contribution in [3.8, 4) is 5.75 Å². The lowest BCUT2D eigenvalue weighted by atomic mass is 9.58. The van der Waals surface area contributed by atoms with Gasteiger partial charge in [0.15, 0.2) is 0 Å². The second kappa shape index (κ2) is 6.82. The Balaban J connectivity index is 1.46. The number of piperidine rings is 1. The van der Waals surface area contributed by atoms with Crippen LogP contribution >= 0.6 is 0 Å². The van der Waals surface area contributed by atoms with Gasteiger partial charge >= 0.3 is 0 Å². The van der Waals surface area contributed by atoms with Crippen molar-refractivity contribution < 1.29 is 10.0 Å². The average Bonchev–Trinajstić information content (AvgIpc) is 3.50. The topological polar surface area (TPSA) is 82.4 Å². The molecule has 1 saturated heterocycles. The maximum absolute atomic E-state index is 11.6. The van der Waals surface area contributed by atoms with E-state index in [1.165, 1.54) is 30.5 Å². The van der Waals surface area contributed by atoms with Crippen LogP contribution in [-0.2, 0) is 18.3 Å². The molecule has 6 rings (SSSR count). The molecule has 2 N–H and O–H groups in total. The van der Waals surface area contributed by atoms with Gasteiger partial charge in [-0.25, -0.2) is 0 Å². The molecule has 31 heavy (non-hydrogen) atoms. The molecule has 3 aliphatic rings. The lowest BCUT2D eigenvalue weighted by Crippen LogP contribution is -2.54. The van der Waals surface area contributed by atoms with Crippen LogP contribution in [0.2, 0.25) is 0 Å². The van der Waals surface area contributed by atoms with Gasteiger partial charge in [0, 0.05) is 35.7 Å². The van der Waals surface area contributed by atoms with Crippen molar-refractivity contribution in [1.82, 2.24) is 9.88 Å². The van der Waals surface area contributed by atoms with E-state index in [9.17, 15) is 15.2 Å². The Morgan fingerprint density at radius 1 is 1.23 bits per heavy atom. The molecule has 0 bridgehead atoms. The normalized spacial score (nSPS) is 25.9. The second-order valence-electron chi connectivity index (χ2n) is 9.78. The summed E-state index contributed by atoms with van der Waals surface area (Å²) in [5.41, 5.74) is 4.31. The minimum atomic E-state index is -0.292. The minimum absolute atomic E-state index is 0.0541. The SMILES string of the molecule is O=[N+]([O-])c1cccc2c3c([nH]c12)CC1(c2cccc(O)c2)CCN(CC2CC2)CC1C3. The zero-order valence-corrected chi connectivity index (χ0v) is 17.5. The number of aromatic amines is 1. The van der Waals surface area contributed by atoms with E-state index in [0.717, 1.165) is 49.4 Å². The standard InChI is InChI=1S/C25H27N3O3/c29-19-4-1-3-17(11-19)25-9-10-27(14-16-7-8-16)15-18(25)12-21-20-5-2-6-23(28(30)31)24(20)26-22(21)13-25/h1-6,11,16,18,26,29H,7-10,12-15H2. The summed E-state index contributed by atoms with van der Waals surface area (Å²) in [5, 5.41) is 22.8. The summed E-state index contributed by atoms with van der Waals surface area (Å²) in [4.78, 5) is 17.4. The number of benzene rings is 2. The number of nitrogens with zero attached hydrogens (tertiary/aromatic N) is 2. The fourth-order valence-corrected chi connectivity index (χ4v) is 6.17. The smallest absolute Gasteiger partial charge is 0.293 e. The van der Waals surface area contributed by atoms with Gasteiger partial charge in [-0.1, -0.05) is 24.3 Å². The number of non-ortho nitro benzene ring substituents is 1. The van der Waals surface area contributed by atoms with Gasteiger partial charge in [-0.3, -0.25) is 10.1 Å². The van der Waals surface area contributed by atoms with Crippen molar-refractivity contribution >= 4 is 16.6 Å². The van der Waals surface area contributed by atoms with Crippen LogP contribution in [0.3, 0.4) is 0 Å². The highest BCUT2D eigenvalue weighted by molar-refractivity contribution is 5.92. The molecule has 2 fully saturated rings. The van der Waals surface area contributed by atoms with Gasteiger partial charge in [0.05, 0.1) is 4.92 Å². The Labute approximate surface area is 181 Å². The summed E-state index contributed by atoms with van der Waals surface area (Å²) in [7, 11) is 0. The first-order valence-corrected chi connectivity index (χ1v) is 11.3. The van der Waals surface area contributed by atoms with Crippen molar-refractivity contribution in [3.63, 3.8) is 0 Å². The fraction of sp³-hybridized carbons (Fsp3) is 0.440. The first-order valence-electron chi connectivity index (χ1n) is 11.3. The Kier molecular flexibility index (Phi) is 4.15. The zero-order valence-electron chi connectivity index (χ0n) is 17.5. The van der Waals surface area contributed by atoms with Crippen LogP contribution in [0.25, 0.3) is 10.9 Å². The van der Waals surface area contributed by atoms with E-state index >= 15 is 0 Å². The van der Waals surface area contributed by atoms with Crippen molar-refractivity contribution in [1.29, 1.82) is 0 Å². The molecule has 2 aromatic carbocycles. The average molecular weight is 418 g/mol. The molecule has 2 aliphatic carbocycles. The highest BCUT2D eigenvalue weighted by atomic mass is 16.6. The van der Waals surface area contributed by atoms with Gasteiger partial charge in [0.25, 0.3) is 5.69 Å². The van der Waals surface area contributed by atoms with Gasteiger partial charge < -0.3 is 15.0 Å². The first-order chi connectivity index (χ1) is 15.0. The number of hydrogen-bond acceptors (Lipinski definition) is 4. The second-order valence-corrected chi connectivity index (χ2v) is 9.78. The van der Waals surface area contributed by atoms with E-state index < -0.39 is 0 Å². The van der Waals surface area contributed by atoms with Gasteiger partial charge in [-0.2, -0.15) is 0 Å². The van der Waals surface area contributed by atoms with E-state index in [0.29, 0.717) is 17.2 Å². The molecular formula is C25H27N3O3. The molecular weight excluding hydrogens is 390 g/mol. The number of para-hydroxylation sites is 1. The Morgan fingerprint density at radius 2 is 2.06 bits per heavy atom. The summed E-state index contributed by atoms with van der Waals surface area (Å²) in [6, 6.07) is 13.2. The number of rotatable bonds is 4. The van der Waals surface area contributed by atoms with Crippen LogP contribution in [0.5, 0.6) is 5.75 Å². The predicted octanol–water partition coefficient (Wildman–Crippen LogP) is 4.55. The van der Waals surface area contributed by atoms with Crippen molar-refractivity contribution in [2.75, 3.05) is 19.6 Å². The van der Waals surface area contributed by atoms with Gasteiger partial charge in [-0.15, -0.1) is 0 Å². The molecule has 6 heteroatoms. The van der Waals surface area contributed by atoms with Gasteiger partial charge in [-0.05, 0) is 73.7 Å². The summed E-state index contributed by atoms with van der Waals surface area (Å²) >= 11 is 0. The Hall–Kier alpha value is -2.86. The number of H-pyrrole nitrogens is 1. The number of hydrogen-bond donors (Lipinski definition) is 2. The monoisotopic (exact) mass is 417 g/mol. The van der Waals surface area contributed by atoms with Gasteiger partial charge in [0.2, 0.25) is 0 Å². The van der Waals surface area contributed by atoms with E-state index in [-0.39, 0.29) is 16.0 Å². The molecule has 1 aliphatic heterocycles. The third-order valence-corrected chi connectivity index (χ3v) is 7.92. The van der Waals surface area contributed by atoms with Crippen LogP contribution < -0.4 is 0 Å². The van der Waals surface area contributed by atoms with Crippen LogP contribution in [-0.4, -0.2) is 39.5 Å². The summed E-state index contributed by atoms with van der Waals surface area (Å²) in [6.45, 7) is 3.31. The van der Waals surface area contributed by atoms with E-state index in [1.54, 1.807) is 18.2 Å². The number of phenolic OH excluding ortho intramolecular Hbond substituents is 1. The first kappa shape index (κ1) is 18.9. The van der Waals surface area contributed by atoms with Crippen molar-refractivity contribution in [3.05, 3.63) is 69.4 Å². The number of nitro groups is 1. The van der Waals surface area contributed by atoms with Crippen LogP contribution in [0, 0.1) is 22.0 Å². The third-order valence-electron chi connectivity index (χ3n) is 7.92. The highest BCUT2D eigenvalue weighted by Crippen LogP contribution is 2.50. The lowest BCUT2D eigenvalue weighted by molar-refractivity contribution is -0.383. The highest BCUT2D eigenvalue weighted by Gasteiger charge is 2.48. The molecule has 0 amide bonds. The summed E-state index contributed by atoms with van der Waals surface area (Å²) in [5.74, 6) is 1.60. The third kappa shape index (κ3) is 3.04. The maximum atomic E-state index is 11.6. The number of phenols is 1. The molecule has 2 unspecified atom stereocenters. The quantitative estimate of drug-likeness (QED) is 0.482. The van der Waals surface area contributed by atoms with Crippen LogP contribution in [0.1, 0.15) is 36.1 Å². The molecule has 2 heterocycles. The number of likely N-dealkylation sites (tertiary alicyclic amines) is 1. The molecule has 6 nitrogen and oxygen atoms in total. The zero-order chi connectivity index (χ0) is 21.2. The molecule has 1 aromatic heterocycles. The van der Waals surface area contributed by atoms with Crippen LogP contribution in [0.4, 0.5) is 5.69 Å². The Bertz CT molecular complexity index is 1180. The molecule has 0 radical (unpaired) electrons. The van der Waals surface area contributed by atoms with E-state index in [2.05, 4.69) is 16.0 Å². The molecule has 1 saturated carbocycles. The largest absolute Gasteiger partial charge is 0.508 e. The summed E-state index contributed by atoms with van der Waals surface area (Å²) in [6.07, 6.45) is 5.50. The molecule has 160 valence electrons.